The molecule has 1 aromatic rings. The molecule has 7 heteroatoms. The monoisotopic (exact) mass is 262 g/mol. The van der Waals surface area contributed by atoms with Gasteiger partial charge in [-0.2, -0.15) is 0 Å². The van der Waals surface area contributed by atoms with Crippen LogP contribution in [0.5, 0.6) is 0 Å². The van der Waals surface area contributed by atoms with E-state index in [0.717, 1.165) is 15.9 Å². The first kappa shape index (κ1) is 13.7. The number of hydrogen-bond acceptors (Lipinski definition) is 7. The molecule has 0 aliphatic carbocycles. The zero-order chi connectivity index (χ0) is 12.1. The number of aliphatic hydroxyl groups is 1. The summed E-state index contributed by atoms with van der Waals surface area (Å²) in [5.74, 6) is 0. The number of nitrogens with zero attached hydrogens (tertiary/aromatic N) is 3. The van der Waals surface area contributed by atoms with Crippen molar-refractivity contribution in [2.24, 2.45) is 5.73 Å². The average Bonchev–Trinajstić information content (AvgIpc) is 2.73. The van der Waals surface area contributed by atoms with Crippen LogP contribution in [0.2, 0.25) is 0 Å². The fourth-order valence-electron chi connectivity index (χ4n) is 1.08. The number of rotatable bonds is 6. The summed E-state index contributed by atoms with van der Waals surface area (Å²) in [4.78, 5) is 1.91. The van der Waals surface area contributed by atoms with Gasteiger partial charge in [-0.1, -0.05) is 30.0 Å². The largest absolute Gasteiger partial charge is 0.395 e. The molecule has 0 fully saturated rings. The molecule has 0 radical (unpaired) electrons. The minimum atomic E-state index is -0.0123. The van der Waals surface area contributed by atoms with Crippen molar-refractivity contribution in [2.45, 2.75) is 29.0 Å². The second-order valence-electron chi connectivity index (χ2n) is 3.66. The molecule has 5 nitrogen and oxygen atoms in total. The number of anilines is 1. The third-order valence-electron chi connectivity index (χ3n) is 2.16. The van der Waals surface area contributed by atoms with Gasteiger partial charge in [0.05, 0.1) is 11.9 Å². The van der Waals surface area contributed by atoms with E-state index in [1.807, 2.05) is 25.9 Å². The van der Waals surface area contributed by atoms with E-state index in [0.29, 0.717) is 0 Å². The topological polar surface area (TPSA) is 75.3 Å². The summed E-state index contributed by atoms with van der Waals surface area (Å²) in [5, 5.41) is 18.2. The molecular weight excluding hydrogens is 244 g/mol. The summed E-state index contributed by atoms with van der Waals surface area (Å²) < 4.78 is 0.853. The summed E-state index contributed by atoms with van der Waals surface area (Å²) in [6, 6.07) is -0.0123. The van der Waals surface area contributed by atoms with E-state index in [4.69, 9.17) is 5.73 Å². The third-order valence-corrected chi connectivity index (χ3v) is 4.67. The standard InChI is InChI=1S/C9H18N4OS2/c1-4-6(10)7(5-14)15-9-12-11-8(16-9)13(2)3/h6-7,14H,4-5,10H2,1-3H3. The fourth-order valence-corrected chi connectivity index (χ4v) is 3.16. The van der Waals surface area contributed by atoms with Crippen molar-refractivity contribution in [1.82, 2.24) is 10.2 Å². The van der Waals surface area contributed by atoms with E-state index >= 15 is 0 Å². The second-order valence-corrected chi connectivity index (χ2v) is 6.10. The van der Waals surface area contributed by atoms with Crippen molar-refractivity contribution in [2.75, 3.05) is 25.6 Å². The SMILES string of the molecule is CCC(N)C(CO)Sc1nnc(N(C)C)s1. The maximum Gasteiger partial charge on any atom is 0.208 e. The van der Waals surface area contributed by atoms with Crippen LogP contribution in [0.3, 0.4) is 0 Å². The quantitative estimate of drug-likeness (QED) is 0.738. The van der Waals surface area contributed by atoms with Crippen molar-refractivity contribution < 1.29 is 5.11 Å². The number of hydrogen-bond donors (Lipinski definition) is 2. The van der Waals surface area contributed by atoms with Crippen LogP contribution in [-0.2, 0) is 0 Å². The Morgan fingerprint density at radius 1 is 1.50 bits per heavy atom. The minimum absolute atomic E-state index is 0.00652. The van der Waals surface area contributed by atoms with Gasteiger partial charge in [0.2, 0.25) is 5.13 Å². The van der Waals surface area contributed by atoms with Crippen LogP contribution in [0.25, 0.3) is 0 Å². The number of aliphatic hydroxyl groups excluding tert-OH is 1. The van der Waals surface area contributed by atoms with E-state index in [1.54, 1.807) is 0 Å². The summed E-state index contributed by atoms with van der Waals surface area (Å²) in [5.41, 5.74) is 5.91. The van der Waals surface area contributed by atoms with E-state index < -0.39 is 0 Å². The van der Waals surface area contributed by atoms with Gasteiger partial charge in [-0.05, 0) is 6.42 Å². The highest BCUT2D eigenvalue weighted by Gasteiger charge is 2.19. The highest BCUT2D eigenvalue weighted by atomic mass is 32.2. The maximum absolute atomic E-state index is 9.25. The summed E-state index contributed by atoms with van der Waals surface area (Å²) >= 11 is 3.02. The Labute approximate surface area is 104 Å². The van der Waals surface area contributed by atoms with Gasteiger partial charge >= 0.3 is 0 Å². The predicted octanol–water partition coefficient (Wildman–Crippen LogP) is 0.794. The Kier molecular flexibility index (Phi) is 5.47. The zero-order valence-electron chi connectivity index (χ0n) is 9.75. The molecule has 0 bridgehead atoms. The summed E-state index contributed by atoms with van der Waals surface area (Å²) in [6.07, 6.45) is 0.845. The maximum atomic E-state index is 9.25. The van der Waals surface area contributed by atoms with Gasteiger partial charge in [0, 0.05) is 20.1 Å². The van der Waals surface area contributed by atoms with E-state index in [9.17, 15) is 5.11 Å². The van der Waals surface area contributed by atoms with Crippen LogP contribution in [-0.4, -0.2) is 47.3 Å². The van der Waals surface area contributed by atoms with Crippen LogP contribution in [0.15, 0.2) is 4.34 Å². The lowest BCUT2D eigenvalue weighted by molar-refractivity contribution is 0.281. The molecule has 0 saturated heterocycles. The van der Waals surface area contributed by atoms with Crippen LogP contribution in [0.1, 0.15) is 13.3 Å². The smallest absolute Gasteiger partial charge is 0.208 e. The Morgan fingerprint density at radius 2 is 2.19 bits per heavy atom. The molecule has 1 heterocycles. The highest BCUT2D eigenvalue weighted by Crippen LogP contribution is 2.31. The molecule has 1 aromatic heterocycles. The van der Waals surface area contributed by atoms with Gasteiger partial charge in [-0.25, -0.2) is 0 Å². The first-order valence-electron chi connectivity index (χ1n) is 5.12. The van der Waals surface area contributed by atoms with Gasteiger partial charge in [-0.15, -0.1) is 10.2 Å². The number of nitrogens with two attached hydrogens (primary N) is 1. The second kappa shape index (κ2) is 6.39. The van der Waals surface area contributed by atoms with Crippen LogP contribution < -0.4 is 10.6 Å². The molecule has 16 heavy (non-hydrogen) atoms. The zero-order valence-corrected chi connectivity index (χ0v) is 11.4. The Balaban J connectivity index is 2.63. The molecule has 0 aliphatic heterocycles. The van der Waals surface area contributed by atoms with Crippen molar-refractivity contribution in [3.05, 3.63) is 0 Å². The van der Waals surface area contributed by atoms with Crippen LogP contribution >= 0.6 is 23.1 Å². The van der Waals surface area contributed by atoms with Gasteiger partial charge in [0.15, 0.2) is 4.34 Å². The summed E-state index contributed by atoms with van der Waals surface area (Å²) in [6.45, 7) is 2.08. The molecule has 0 aliphatic rings. The molecule has 2 atom stereocenters. The van der Waals surface area contributed by atoms with Gasteiger partial charge in [0.1, 0.15) is 0 Å². The predicted molar refractivity (Wildman–Crippen MR) is 69.2 cm³/mol. The molecule has 1 rings (SSSR count). The molecule has 3 N–H and O–H groups in total. The van der Waals surface area contributed by atoms with Gasteiger partial charge < -0.3 is 15.7 Å². The molecule has 0 aromatic carbocycles. The van der Waals surface area contributed by atoms with Crippen molar-refractivity contribution in [1.29, 1.82) is 0 Å². The fraction of sp³-hybridized carbons (Fsp3) is 0.778. The lowest BCUT2D eigenvalue weighted by Gasteiger charge is -2.18. The molecule has 0 saturated carbocycles. The van der Waals surface area contributed by atoms with E-state index in [2.05, 4.69) is 10.2 Å². The third kappa shape index (κ3) is 3.58. The number of aromatic nitrogens is 2. The Morgan fingerprint density at radius 3 is 2.62 bits per heavy atom. The number of thioether (sulfide) groups is 1. The Bertz CT molecular complexity index is 318. The molecule has 92 valence electrons. The van der Waals surface area contributed by atoms with Crippen molar-refractivity contribution in [3.63, 3.8) is 0 Å². The minimum Gasteiger partial charge on any atom is -0.395 e. The first-order valence-corrected chi connectivity index (χ1v) is 6.82. The van der Waals surface area contributed by atoms with E-state index in [-0.39, 0.29) is 17.9 Å². The molecule has 2 unspecified atom stereocenters. The molecule has 0 amide bonds. The van der Waals surface area contributed by atoms with Crippen molar-refractivity contribution >= 4 is 28.2 Å². The summed E-state index contributed by atoms with van der Waals surface area (Å²) in [7, 11) is 3.85. The lowest BCUT2D eigenvalue weighted by Crippen LogP contribution is -2.34. The van der Waals surface area contributed by atoms with Gasteiger partial charge in [-0.3, -0.25) is 0 Å². The van der Waals surface area contributed by atoms with E-state index in [1.165, 1.54) is 23.1 Å². The highest BCUT2D eigenvalue weighted by molar-refractivity contribution is 8.01. The van der Waals surface area contributed by atoms with Gasteiger partial charge in [0.25, 0.3) is 0 Å². The van der Waals surface area contributed by atoms with Crippen molar-refractivity contribution in [3.8, 4) is 0 Å². The average molecular weight is 262 g/mol. The Hall–Kier alpha value is -0.370. The normalized spacial score (nSPS) is 14.8. The molecular formula is C9H18N4OS2. The van der Waals surface area contributed by atoms with Crippen LogP contribution in [0, 0.1) is 0 Å². The van der Waals surface area contributed by atoms with Crippen LogP contribution in [0.4, 0.5) is 5.13 Å². The first-order chi connectivity index (χ1) is 7.58. The lowest BCUT2D eigenvalue weighted by atomic mass is 10.2. The molecule has 0 spiro atoms.